The molecule has 32 heavy (non-hydrogen) atoms. The van der Waals surface area contributed by atoms with Crippen LogP contribution in [0.5, 0.6) is 0 Å². The highest BCUT2D eigenvalue weighted by atomic mass is 35.5. The average molecular weight is 449 g/mol. The summed E-state index contributed by atoms with van der Waals surface area (Å²) in [5.74, 6) is -0.785. The minimum atomic E-state index is -0.303. The third kappa shape index (κ3) is 4.95. The molecule has 3 aromatic rings. The molecule has 1 aliphatic rings. The SMILES string of the molecule is O=C(CN(Cc1ccccc1)C(=O)c1cccnc1)N1CC(=O)N(c2ccc(Cl)cc2)C1. The van der Waals surface area contributed by atoms with E-state index in [4.69, 9.17) is 11.6 Å². The molecule has 3 amide bonds. The van der Waals surface area contributed by atoms with E-state index in [0.717, 1.165) is 5.56 Å². The van der Waals surface area contributed by atoms with Crippen molar-refractivity contribution in [2.24, 2.45) is 0 Å². The highest BCUT2D eigenvalue weighted by molar-refractivity contribution is 6.30. The van der Waals surface area contributed by atoms with E-state index >= 15 is 0 Å². The Morgan fingerprint density at radius 1 is 1.00 bits per heavy atom. The molecular weight excluding hydrogens is 428 g/mol. The van der Waals surface area contributed by atoms with Crippen molar-refractivity contribution in [3.63, 3.8) is 0 Å². The van der Waals surface area contributed by atoms with E-state index in [-0.39, 0.29) is 44.0 Å². The maximum absolute atomic E-state index is 13.1. The smallest absolute Gasteiger partial charge is 0.256 e. The van der Waals surface area contributed by atoms with Crippen molar-refractivity contribution in [2.75, 3.05) is 24.7 Å². The quantitative estimate of drug-likeness (QED) is 0.580. The molecule has 0 bridgehead atoms. The Kier molecular flexibility index (Phi) is 6.47. The molecule has 0 spiro atoms. The van der Waals surface area contributed by atoms with Gasteiger partial charge in [0.2, 0.25) is 11.8 Å². The summed E-state index contributed by atoms with van der Waals surface area (Å²) in [4.78, 5) is 47.2. The fraction of sp³-hybridized carbons (Fsp3) is 0.167. The zero-order valence-electron chi connectivity index (χ0n) is 17.2. The summed E-state index contributed by atoms with van der Waals surface area (Å²) in [5, 5.41) is 0.568. The van der Waals surface area contributed by atoms with E-state index in [1.54, 1.807) is 42.6 Å². The molecular formula is C24H21ClN4O3. The van der Waals surface area contributed by atoms with Crippen molar-refractivity contribution in [1.29, 1.82) is 0 Å². The van der Waals surface area contributed by atoms with Gasteiger partial charge in [0.15, 0.2) is 0 Å². The molecule has 1 saturated heterocycles. The lowest BCUT2D eigenvalue weighted by Crippen LogP contribution is -2.42. The second-order valence-corrected chi connectivity index (χ2v) is 7.86. The van der Waals surface area contributed by atoms with E-state index in [1.807, 2.05) is 30.3 Å². The number of benzene rings is 2. The zero-order valence-corrected chi connectivity index (χ0v) is 18.0. The first kappa shape index (κ1) is 21.5. The summed E-state index contributed by atoms with van der Waals surface area (Å²) < 4.78 is 0. The topological polar surface area (TPSA) is 73.8 Å². The van der Waals surface area contributed by atoms with Crippen LogP contribution in [0.1, 0.15) is 15.9 Å². The lowest BCUT2D eigenvalue weighted by molar-refractivity contribution is -0.132. The first-order valence-electron chi connectivity index (χ1n) is 10.1. The highest BCUT2D eigenvalue weighted by Gasteiger charge is 2.33. The number of rotatable bonds is 6. The number of carbonyl (C=O) groups excluding carboxylic acids is 3. The molecule has 0 saturated carbocycles. The highest BCUT2D eigenvalue weighted by Crippen LogP contribution is 2.22. The number of pyridine rings is 1. The van der Waals surface area contributed by atoms with Crippen LogP contribution in [-0.2, 0) is 16.1 Å². The Labute approximate surface area is 190 Å². The second-order valence-electron chi connectivity index (χ2n) is 7.42. The molecule has 8 heteroatoms. The van der Waals surface area contributed by atoms with Gasteiger partial charge in [0, 0.05) is 29.6 Å². The number of hydrogen-bond acceptors (Lipinski definition) is 4. The molecule has 162 valence electrons. The molecule has 2 aromatic carbocycles. The third-order valence-electron chi connectivity index (χ3n) is 5.17. The summed E-state index contributed by atoms with van der Waals surface area (Å²) in [7, 11) is 0. The first-order chi connectivity index (χ1) is 15.5. The van der Waals surface area contributed by atoms with Crippen molar-refractivity contribution >= 4 is 35.0 Å². The Hall–Kier alpha value is -3.71. The molecule has 7 nitrogen and oxygen atoms in total. The minimum absolute atomic E-state index is 0.0400. The van der Waals surface area contributed by atoms with Crippen LogP contribution in [0.25, 0.3) is 0 Å². The van der Waals surface area contributed by atoms with Gasteiger partial charge < -0.3 is 9.80 Å². The zero-order chi connectivity index (χ0) is 22.5. The van der Waals surface area contributed by atoms with E-state index in [1.165, 1.54) is 20.9 Å². The number of carbonyl (C=O) groups is 3. The molecule has 4 rings (SSSR count). The van der Waals surface area contributed by atoms with Gasteiger partial charge >= 0.3 is 0 Å². The van der Waals surface area contributed by atoms with Crippen LogP contribution in [0.2, 0.25) is 5.02 Å². The van der Waals surface area contributed by atoms with Crippen LogP contribution in [0.15, 0.2) is 79.1 Å². The van der Waals surface area contributed by atoms with Gasteiger partial charge in [0.1, 0.15) is 19.8 Å². The molecule has 0 aliphatic carbocycles. The molecule has 0 N–H and O–H groups in total. The number of anilines is 1. The van der Waals surface area contributed by atoms with Crippen molar-refractivity contribution in [3.8, 4) is 0 Å². The maximum Gasteiger partial charge on any atom is 0.256 e. The molecule has 1 aromatic heterocycles. The van der Waals surface area contributed by atoms with E-state index in [9.17, 15) is 14.4 Å². The number of aromatic nitrogens is 1. The van der Waals surface area contributed by atoms with Crippen LogP contribution in [0, 0.1) is 0 Å². The van der Waals surface area contributed by atoms with Gasteiger partial charge in [-0.15, -0.1) is 0 Å². The predicted octanol–water partition coefficient (Wildman–Crippen LogP) is 3.21. The van der Waals surface area contributed by atoms with Crippen molar-refractivity contribution in [3.05, 3.63) is 95.3 Å². The molecule has 2 heterocycles. The van der Waals surface area contributed by atoms with Crippen LogP contribution >= 0.6 is 11.6 Å². The number of halogens is 1. The largest absolute Gasteiger partial charge is 0.325 e. The Balaban J connectivity index is 1.50. The number of amides is 3. The molecule has 1 fully saturated rings. The summed E-state index contributed by atoms with van der Waals surface area (Å²) in [5.41, 5.74) is 1.97. The summed E-state index contributed by atoms with van der Waals surface area (Å²) in [6.45, 7) is 0.203. The van der Waals surface area contributed by atoms with Gasteiger partial charge in [-0.25, -0.2) is 0 Å². The summed E-state index contributed by atoms with van der Waals surface area (Å²) in [6, 6.07) is 19.7. The average Bonchev–Trinajstić information content (AvgIpc) is 3.21. The van der Waals surface area contributed by atoms with Crippen molar-refractivity contribution < 1.29 is 14.4 Å². The van der Waals surface area contributed by atoms with Gasteiger partial charge in [0.05, 0.1) is 5.56 Å². The molecule has 0 radical (unpaired) electrons. The second kappa shape index (κ2) is 9.62. The van der Waals surface area contributed by atoms with Gasteiger partial charge in [-0.1, -0.05) is 41.9 Å². The Bertz CT molecular complexity index is 1110. The monoisotopic (exact) mass is 448 g/mol. The lowest BCUT2D eigenvalue weighted by Gasteiger charge is -2.25. The van der Waals surface area contributed by atoms with Crippen molar-refractivity contribution in [1.82, 2.24) is 14.8 Å². The van der Waals surface area contributed by atoms with Crippen LogP contribution in [0.3, 0.4) is 0 Å². The standard InChI is InChI=1S/C24H21ClN4O3/c25-20-8-10-21(11-9-20)29-17-28(16-23(29)31)22(30)15-27(14-18-5-2-1-3-6-18)24(32)19-7-4-12-26-13-19/h1-13H,14-17H2. The minimum Gasteiger partial charge on any atom is -0.325 e. The van der Waals surface area contributed by atoms with Gasteiger partial charge in [-0.3, -0.25) is 24.3 Å². The fourth-order valence-corrected chi connectivity index (χ4v) is 3.63. The van der Waals surface area contributed by atoms with Gasteiger partial charge in [-0.2, -0.15) is 0 Å². The van der Waals surface area contributed by atoms with Crippen LogP contribution in [-0.4, -0.2) is 52.3 Å². The first-order valence-corrected chi connectivity index (χ1v) is 10.5. The lowest BCUT2D eigenvalue weighted by atomic mass is 10.2. The maximum atomic E-state index is 13.1. The van der Waals surface area contributed by atoms with Crippen molar-refractivity contribution in [2.45, 2.75) is 6.54 Å². The molecule has 1 aliphatic heterocycles. The fourth-order valence-electron chi connectivity index (χ4n) is 3.50. The van der Waals surface area contributed by atoms with E-state index in [0.29, 0.717) is 16.3 Å². The number of nitrogens with zero attached hydrogens (tertiary/aromatic N) is 4. The van der Waals surface area contributed by atoms with Crippen LogP contribution in [0.4, 0.5) is 5.69 Å². The number of hydrogen-bond donors (Lipinski definition) is 0. The van der Waals surface area contributed by atoms with Gasteiger partial charge in [-0.05, 0) is 42.0 Å². The normalized spacial score (nSPS) is 13.3. The van der Waals surface area contributed by atoms with E-state index in [2.05, 4.69) is 4.98 Å². The molecule has 0 unspecified atom stereocenters. The summed E-state index contributed by atoms with van der Waals surface area (Å²) >= 11 is 5.93. The van der Waals surface area contributed by atoms with Gasteiger partial charge in [0.25, 0.3) is 5.91 Å². The van der Waals surface area contributed by atoms with E-state index < -0.39 is 0 Å². The summed E-state index contributed by atoms with van der Waals surface area (Å²) in [6.07, 6.45) is 3.07. The Morgan fingerprint density at radius 3 is 2.44 bits per heavy atom. The third-order valence-corrected chi connectivity index (χ3v) is 5.42. The molecule has 0 atom stereocenters. The predicted molar refractivity (Wildman–Crippen MR) is 121 cm³/mol. The van der Waals surface area contributed by atoms with Crippen LogP contribution < -0.4 is 4.90 Å². The Morgan fingerprint density at radius 2 is 1.75 bits per heavy atom.